The molecular formula is C22H31N3O5. The highest BCUT2D eigenvalue weighted by Gasteiger charge is 2.15. The standard InChI is InChI=1S/C19H23N3O5.C3H8/c1-11(2)15(12(3)26-4)10-22-9-14(8-20-22)21-19(25)13-6-16(23)18(24)17(7-13)27-5;1-3-2/h6-9,23-24H,1,10H2,2-5H3,(H,21,25);3H2,1-2H3/b15-12-;. The Labute approximate surface area is 177 Å². The number of phenols is 2. The van der Waals surface area contributed by atoms with Gasteiger partial charge in [-0.3, -0.25) is 9.48 Å². The van der Waals surface area contributed by atoms with E-state index in [0.29, 0.717) is 12.2 Å². The molecule has 0 aliphatic rings. The second-order valence-corrected chi connectivity index (χ2v) is 6.65. The summed E-state index contributed by atoms with van der Waals surface area (Å²) >= 11 is 0. The summed E-state index contributed by atoms with van der Waals surface area (Å²) in [4.78, 5) is 12.4. The number of phenolic OH excluding ortho intramolecular Hbond substituents is 2. The monoisotopic (exact) mass is 417 g/mol. The van der Waals surface area contributed by atoms with Crippen LogP contribution >= 0.6 is 0 Å². The van der Waals surface area contributed by atoms with Crippen LogP contribution in [-0.4, -0.2) is 40.1 Å². The summed E-state index contributed by atoms with van der Waals surface area (Å²) < 4.78 is 11.9. The maximum Gasteiger partial charge on any atom is 0.256 e. The van der Waals surface area contributed by atoms with E-state index < -0.39 is 17.4 Å². The molecular weight excluding hydrogens is 386 g/mol. The quantitative estimate of drug-likeness (QED) is 0.349. The predicted octanol–water partition coefficient (Wildman–Crippen LogP) is 4.47. The molecule has 30 heavy (non-hydrogen) atoms. The number of carbonyl (C=O) groups excluding carboxylic acids is 1. The SMILES string of the molecule is C=C(C)/C(Cn1cc(NC(=O)c2cc(O)c(O)c(OC)c2)cn1)=C(/C)OC.CCC. The number of hydrogen-bond acceptors (Lipinski definition) is 6. The molecule has 0 saturated heterocycles. The van der Waals surface area contributed by atoms with Crippen molar-refractivity contribution in [1.82, 2.24) is 9.78 Å². The fraction of sp³-hybridized carbons (Fsp3) is 0.364. The molecule has 164 valence electrons. The van der Waals surface area contributed by atoms with Gasteiger partial charge in [0.15, 0.2) is 11.5 Å². The van der Waals surface area contributed by atoms with Crippen LogP contribution < -0.4 is 10.1 Å². The largest absolute Gasteiger partial charge is 0.504 e. The van der Waals surface area contributed by atoms with E-state index in [1.54, 1.807) is 18.0 Å². The van der Waals surface area contributed by atoms with Crippen molar-refractivity contribution in [3.8, 4) is 17.2 Å². The molecule has 0 unspecified atom stereocenters. The molecule has 0 aliphatic heterocycles. The first-order valence-corrected chi connectivity index (χ1v) is 9.51. The highest BCUT2D eigenvalue weighted by Crippen LogP contribution is 2.36. The Morgan fingerprint density at radius 3 is 2.40 bits per heavy atom. The molecule has 2 aromatic rings. The summed E-state index contributed by atoms with van der Waals surface area (Å²) in [5.74, 6) is -0.597. The van der Waals surface area contributed by atoms with Gasteiger partial charge < -0.3 is 25.0 Å². The summed E-state index contributed by atoms with van der Waals surface area (Å²) in [7, 11) is 2.92. The number of aromatic nitrogens is 2. The maximum absolute atomic E-state index is 12.4. The van der Waals surface area contributed by atoms with E-state index in [-0.39, 0.29) is 11.3 Å². The van der Waals surface area contributed by atoms with Gasteiger partial charge in [-0.15, -0.1) is 0 Å². The number of aromatic hydroxyl groups is 2. The van der Waals surface area contributed by atoms with Crippen molar-refractivity contribution in [3.05, 3.63) is 53.6 Å². The number of methoxy groups -OCH3 is 2. The van der Waals surface area contributed by atoms with Crippen LogP contribution in [0.3, 0.4) is 0 Å². The van der Waals surface area contributed by atoms with E-state index in [1.807, 2.05) is 13.8 Å². The number of ether oxygens (including phenoxy) is 2. The van der Waals surface area contributed by atoms with Crippen molar-refractivity contribution in [1.29, 1.82) is 0 Å². The van der Waals surface area contributed by atoms with Gasteiger partial charge in [0.05, 0.1) is 38.4 Å². The van der Waals surface area contributed by atoms with Crippen LogP contribution in [0.2, 0.25) is 0 Å². The lowest BCUT2D eigenvalue weighted by Crippen LogP contribution is -2.11. The zero-order chi connectivity index (χ0) is 22.8. The molecule has 8 heteroatoms. The van der Waals surface area contributed by atoms with Crippen molar-refractivity contribution in [3.63, 3.8) is 0 Å². The Morgan fingerprint density at radius 2 is 1.87 bits per heavy atom. The summed E-state index contributed by atoms with van der Waals surface area (Å²) in [6.07, 6.45) is 4.43. The number of carbonyl (C=O) groups is 1. The van der Waals surface area contributed by atoms with Gasteiger partial charge in [0.25, 0.3) is 5.91 Å². The summed E-state index contributed by atoms with van der Waals surface area (Å²) in [6, 6.07) is 2.49. The molecule has 0 bridgehead atoms. The van der Waals surface area contributed by atoms with Crippen LogP contribution in [0.15, 0.2) is 48.0 Å². The van der Waals surface area contributed by atoms with E-state index in [4.69, 9.17) is 9.47 Å². The third kappa shape index (κ3) is 6.58. The predicted molar refractivity (Wildman–Crippen MR) is 117 cm³/mol. The van der Waals surface area contributed by atoms with Crippen LogP contribution in [0.1, 0.15) is 44.5 Å². The summed E-state index contributed by atoms with van der Waals surface area (Å²) in [5.41, 5.74) is 2.38. The smallest absolute Gasteiger partial charge is 0.256 e. The lowest BCUT2D eigenvalue weighted by molar-refractivity contribution is 0.102. The highest BCUT2D eigenvalue weighted by atomic mass is 16.5. The lowest BCUT2D eigenvalue weighted by Gasteiger charge is -2.11. The van der Waals surface area contributed by atoms with Gasteiger partial charge in [-0.25, -0.2) is 0 Å². The van der Waals surface area contributed by atoms with Crippen LogP contribution in [-0.2, 0) is 11.3 Å². The molecule has 0 saturated carbocycles. The van der Waals surface area contributed by atoms with Gasteiger partial charge >= 0.3 is 0 Å². The Morgan fingerprint density at radius 1 is 1.23 bits per heavy atom. The number of amides is 1. The molecule has 0 fully saturated rings. The zero-order valence-electron chi connectivity index (χ0n) is 18.4. The van der Waals surface area contributed by atoms with E-state index in [9.17, 15) is 15.0 Å². The molecule has 0 radical (unpaired) electrons. The molecule has 0 spiro atoms. The molecule has 0 atom stereocenters. The van der Waals surface area contributed by atoms with Gasteiger partial charge in [-0.1, -0.05) is 26.8 Å². The topological polar surface area (TPSA) is 106 Å². The molecule has 1 aromatic carbocycles. The average molecular weight is 418 g/mol. The molecule has 0 aliphatic carbocycles. The second-order valence-electron chi connectivity index (χ2n) is 6.65. The first-order chi connectivity index (χ1) is 14.2. The van der Waals surface area contributed by atoms with Crippen LogP contribution in [0.5, 0.6) is 17.2 Å². The summed E-state index contributed by atoms with van der Waals surface area (Å²) in [5, 5.41) is 26.3. The third-order valence-electron chi connectivity index (χ3n) is 3.99. The Hall–Kier alpha value is -3.42. The normalized spacial score (nSPS) is 11.0. The van der Waals surface area contributed by atoms with Gasteiger partial charge in [-0.05, 0) is 31.6 Å². The molecule has 1 heterocycles. The number of rotatable bonds is 7. The van der Waals surface area contributed by atoms with Crippen molar-refractivity contribution in [2.45, 2.75) is 40.7 Å². The number of anilines is 1. The van der Waals surface area contributed by atoms with Crippen molar-refractivity contribution in [2.24, 2.45) is 0 Å². The van der Waals surface area contributed by atoms with E-state index in [1.165, 1.54) is 25.8 Å². The van der Waals surface area contributed by atoms with Gasteiger partial charge in [0.1, 0.15) is 0 Å². The lowest BCUT2D eigenvalue weighted by atomic mass is 10.1. The van der Waals surface area contributed by atoms with E-state index >= 15 is 0 Å². The maximum atomic E-state index is 12.4. The molecule has 2 rings (SSSR count). The Kier molecular flexibility index (Phi) is 9.48. The highest BCUT2D eigenvalue weighted by molar-refractivity contribution is 6.04. The number of hydrogen-bond donors (Lipinski definition) is 3. The van der Waals surface area contributed by atoms with E-state index in [2.05, 4.69) is 30.8 Å². The minimum absolute atomic E-state index is 0.00197. The molecule has 3 N–H and O–H groups in total. The Bertz CT molecular complexity index is 915. The van der Waals surface area contributed by atoms with Gasteiger partial charge in [0.2, 0.25) is 5.75 Å². The molecule has 8 nitrogen and oxygen atoms in total. The fourth-order valence-corrected chi connectivity index (χ4v) is 2.43. The summed E-state index contributed by atoms with van der Waals surface area (Å²) in [6.45, 7) is 12.4. The van der Waals surface area contributed by atoms with Crippen molar-refractivity contribution >= 4 is 11.6 Å². The third-order valence-corrected chi connectivity index (χ3v) is 3.99. The van der Waals surface area contributed by atoms with Crippen molar-refractivity contribution < 1.29 is 24.5 Å². The second kappa shape index (κ2) is 11.5. The van der Waals surface area contributed by atoms with Crippen LogP contribution in [0.25, 0.3) is 0 Å². The number of nitrogens with one attached hydrogen (secondary N) is 1. The van der Waals surface area contributed by atoms with Gasteiger partial charge in [-0.2, -0.15) is 5.10 Å². The molecule has 1 aromatic heterocycles. The van der Waals surface area contributed by atoms with E-state index in [0.717, 1.165) is 23.0 Å². The van der Waals surface area contributed by atoms with Crippen molar-refractivity contribution in [2.75, 3.05) is 19.5 Å². The first kappa shape index (κ1) is 24.6. The Balaban J connectivity index is 0.00000141. The number of nitrogens with zero attached hydrogens (tertiary/aromatic N) is 2. The first-order valence-electron chi connectivity index (χ1n) is 9.51. The minimum Gasteiger partial charge on any atom is -0.504 e. The minimum atomic E-state index is -0.480. The molecule has 1 amide bonds. The zero-order valence-corrected chi connectivity index (χ0v) is 18.4. The average Bonchev–Trinajstić information content (AvgIpc) is 3.14. The van der Waals surface area contributed by atoms with Crippen LogP contribution in [0, 0.1) is 0 Å². The fourth-order valence-electron chi connectivity index (χ4n) is 2.43. The van der Waals surface area contributed by atoms with Gasteiger partial charge in [0, 0.05) is 17.3 Å². The number of benzene rings is 1. The van der Waals surface area contributed by atoms with Crippen LogP contribution in [0.4, 0.5) is 5.69 Å². The number of allylic oxidation sites excluding steroid dienone is 3.